The second-order valence-corrected chi connectivity index (χ2v) is 15.7. The fourth-order valence-electron chi connectivity index (χ4n) is 10.2. The van der Waals surface area contributed by atoms with Crippen molar-refractivity contribution in [2.75, 3.05) is 0 Å². The van der Waals surface area contributed by atoms with Crippen LogP contribution in [-0.2, 0) is 5.41 Å². The van der Waals surface area contributed by atoms with Gasteiger partial charge in [0.25, 0.3) is 0 Å². The average molecular weight is 1030 g/mol. The smallest absolute Gasteiger partial charge is 0.240 e. The van der Waals surface area contributed by atoms with E-state index in [9.17, 15) is 0 Å². The van der Waals surface area contributed by atoms with Gasteiger partial charge in [0.05, 0.1) is 16.6 Å². The van der Waals surface area contributed by atoms with Crippen molar-refractivity contribution in [1.82, 2.24) is 24.1 Å². The number of hydrogen-bond acceptors (Lipinski definition) is 3. The van der Waals surface area contributed by atoms with Gasteiger partial charge in [0, 0.05) is 27.1 Å². The van der Waals surface area contributed by atoms with Crippen LogP contribution in [0.2, 0.25) is 0 Å². The monoisotopic (exact) mass is 1020 g/mol. The van der Waals surface area contributed by atoms with E-state index >= 15 is 0 Å². The first-order valence-corrected chi connectivity index (χ1v) is 20.5. The molecule has 62 heavy (non-hydrogen) atoms. The minimum absolute atomic E-state index is 0. The van der Waals surface area contributed by atoms with Crippen LogP contribution in [0.1, 0.15) is 27.9 Å². The maximum atomic E-state index is 6.44. The summed E-state index contributed by atoms with van der Waals surface area (Å²) in [5, 5.41) is 3.33. The number of allylic oxidation sites excluding steroid dienone is 4. The van der Waals surface area contributed by atoms with Gasteiger partial charge in [0.2, 0.25) is 11.9 Å². The molecule has 0 bridgehead atoms. The van der Waals surface area contributed by atoms with E-state index < -0.39 is 5.41 Å². The van der Waals surface area contributed by atoms with Crippen LogP contribution >= 0.6 is 0 Å². The Balaban J connectivity index is 0.00000432. The molecule has 6 heteroatoms. The van der Waals surface area contributed by atoms with Crippen LogP contribution < -0.4 is 0 Å². The molecule has 0 saturated heterocycles. The molecule has 5 nitrogen and oxygen atoms in total. The van der Waals surface area contributed by atoms with Crippen molar-refractivity contribution in [2.24, 2.45) is 0 Å². The number of benzene rings is 7. The molecule has 10 aromatic rings. The number of rotatable bonds is 6. The van der Waals surface area contributed by atoms with Crippen LogP contribution in [0.3, 0.4) is 0 Å². The van der Waals surface area contributed by atoms with Gasteiger partial charge >= 0.3 is 0 Å². The largest absolute Gasteiger partial charge is 0.296 e. The van der Waals surface area contributed by atoms with E-state index in [0.717, 1.165) is 71.8 Å². The van der Waals surface area contributed by atoms with E-state index in [2.05, 4.69) is 180 Å². The van der Waals surface area contributed by atoms with Crippen LogP contribution in [0.5, 0.6) is 0 Å². The topological polar surface area (TPSA) is 48.5 Å². The predicted octanol–water partition coefficient (Wildman–Crippen LogP) is 13.0. The second-order valence-electron chi connectivity index (χ2n) is 15.7. The second kappa shape index (κ2) is 13.4. The molecule has 0 N–H and O–H groups in total. The van der Waals surface area contributed by atoms with Gasteiger partial charge in [-0.1, -0.05) is 151 Å². The zero-order chi connectivity index (χ0) is 40.8. The molecule has 0 fully saturated rings. The summed E-state index contributed by atoms with van der Waals surface area (Å²) in [6.45, 7) is 15.4. The summed E-state index contributed by atoms with van der Waals surface area (Å²) in [5.41, 5.74) is 15.3. The van der Waals surface area contributed by atoms with Crippen LogP contribution in [0.4, 0.5) is 0 Å². The number of para-hydroxylation sites is 2. The molecule has 0 amide bonds. The first kappa shape index (κ1) is 36.0. The molecular formula is C56H36CmN5-3. The first-order valence-electron chi connectivity index (χ1n) is 20.5. The van der Waals surface area contributed by atoms with Crippen molar-refractivity contribution >= 4 is 44.4 Å². The number of nitrogens with zero attached hydrogens (tertiary/aromatic N) is 5. The summed E-state index contributed by atoms with van der Waals surface area (Å²) >= 11 is 0. The fraction of sp³-hybridized carbons (Fsp3) is 0.0179. The third-order valence-corrected chi connectivity index (χ3v) is 12.7. The Bertz CT molecular complexity index is 3460. The molecule has 1 atom stereocenters. The van der Waals surface area contributed by atoms with E-state index in [1.54, 1.807) is 6.08 Å². The van der Waals surface area contributed by atoms with Gasteiger partial charge in [-0.25, -0.2) is 26.0 Å². The molecule has 296 valence electrons. The Morgan fingerprint density at radius 3 is 1.74 bits per heavy atom. The molecule has 1 unspecified atom stereocenters. The molecule has 7 aromatic carbocycles. The Morgan fingerprint density at radius 1 is 0.516 bits per heavy atom. The number of fused-ring (bicyclic) bond motifs is 12. The standard InChI is InChI=1S/C56H36N5.Cm/c1-4-17-39-34-46-51(33-32-45-42-21-10-14-25-48(42)56(52(45)46)35(3)40(5-2)41-20-9-13-24-47(41)56)60(39)54-57-53(38-30-28-37(29-31-38)36-18-7-6-8-19-36)58-55(59-54)61-49-26-15-11-22-43(49)44-23-12-16-27-50(44)61;/h2,4-34H,1,3H2;/q-3;/b17-4-;. The average Bonchev–Trinajstić information content (AvgIpc) is 4.02. The quantitative estimate of drug-likeness (QED) is 0.156. The Morgan fingerprint density at radius 2 is 1.06 bits per heavy atom. The fourth-order valence-corrected chi connectivity index (χ4v) is 10.2. The molecule has 0 saturated carbocycles. The van der Waals surface area contributed by atoms with Gasteiger partial charge in [0.15, 0.2) is 5.82 Å². The molecule has 12 rings (SSSR count). The molecule has 3 aromatic heterocycles. The molecular weight excluding hydrogens is 990 g/mol. The van der Waals surface area contributed by atoms with Crippen molar-refractivity contribution in [2.45, 2.75) is 5.41 Å². The maximum Gasteiger partial charge on any atom is 0.240 e. The zero-order valence-corrected chi connectivity index (χ0v) is 36.4. The van der Waals surface area contributed by atoms with Crippen LogP contribution in [0.15, 0.2) is 188 Å². The number of aromatic nitrogens is 5. The normalized spacial score (nSPS) is 15.1. The van der Waals surface area contributed by atoms with Crippen molar-refractivity contribution in [1.29, 1.82) is 0 Å². The molecule has 1 spiro atoms. The minimum Gasteiger partial charge on any atom is -0.296 e. The summed E-state index contributed by atoms with van der Waals surface area (Å²) in [7, 11) is 0. The summed E-state index contributed by atoms with van der Waals surface area (Å²) in [4.78, 5) is 16.0. The minimum atomic E-state index is -0.663. The zero-order valence-electron chi connectivity index (χ0n) is 33.5. The van der Waals surface area contributed by atoms with Crippen LogP contribution in [0.25, 0.3) is 89.9 Å². The van der Waals surface area contributed by atoms with Gasteiger partial charge in [-0.15, -0.1) is 0 Å². The van der Waals surface area contributed by atoms with E-state index in [1.165, 1.54) is 27.8 Å². The molecule has 0 aliphatic heterocycles. The summed E-state index contributed by atoms with van der Waals surface area (Å²) in [6.07, 6.45) is 5.57. The molecule has 3 heterocycles. The summed E-state index contributed by atoms with van der Waals surface area (Å²) in [5.74, 6) is 1.58. The van der Waals surface area contributed by atoms with E-state index in [4.69, 9.17) is 28.5 Å². The van der Waals surface area contributed by atoms with Crippen molar-refractivity contribution in [3.05, 3.63) is 236 Å². The summed E-state index contributed by atoms with van der Waals surface area (Å²) in [6, 6.07) is 59.7. The van der Waals surface area contributed by atoms with E-state index in [0.29, 0.717) is 17.7 Å². The summed E-state index contributed by atoms with van der Waals surface area (Å²) < 4.78 is 4.31. The first-order chi connectivity index (χ1) is 30.1. The third kappa shape index (κ3) is 4.76. The van der Waals surface area contributed by atoms with Crippen LogP contribution in [0, 0.1) is 20.4 Å². The van der Waals surface area contributed by atoms with Gasteiger partial charge in [-0.2, -0.15) is 32.2 Å². The van der Waals surface area contributed by atoms with E-state index in [-0.39, 0.29) is 0 Å². The Labute approximate surface area is 354 Å². The Hall–Kier alpha value is -9.15. The van der Waals surface area contributed by atoms with Gasteiger partial charge < -0.3 is 0 Å². The predicted molar refractivity (Wildman–Crippen MR) is 249 cm³/mol. The number of hydrogen-bond donors (Lipinski definition) is 0. The SMILES string of the molecule is [CH-]=CC1=C([CH2-])C2(c3ccccc31)c1ccccc1-c1ccc3c(cc(/C=C\[CH2-])n3-c3nc(-c4ccc(-c5ccccc5)cc4)nc(-n4c5ccccc5c5ccccc54)n3)c12.[Cm]. The van der Waals surface area contributed by atoms with Gasteiger partial charge in [-0.05, 0) is 68.9 Å². The molecule has 2 aliphatic carbocycles. The van der Waals surface area contributed by atoms with Crippen molar-refractivity contribution < 1.29 is 0 Å². The van der Waals surface area contributed by atoms with Gasteiger partial charge in [-0.3, -0.25) is 15.7 Å². The third-order valence-electron chi connectivity index (χ3n) is 12.7. The van der Waals surface area contributed by atoms with E-state index in [1.807, 2.05) is 18.2 Å². The van der Waals surface area contributed by atoms with Gasteiger partial charge in [0.1, 0.15) is 0 Å². The molecule has 2 aliphatic rings. The molecule has 0 radical (unpaired) electrons. The van der Waals surface area contributed by atoms with Crippen molar-refractivity contribution in [3.63, 3.8) is 0 Å². The van der Waals surface area contributed by atoms with Crippen molar-refractivity contribution in [3.8, 4) is 45.5 Å². The Kier molecular flexibility index (Phi) is 7.80. The maximum absolute atomic E-state index is 6.44. The van der Waals surface area contributed by atoms with Crippen LogP contribution in [-0.4, -0.2) is 24.1 Å².